The molecular formula is C18H23N3O3. The fourth-order valence-corrected chi connectivity index (χ4v) is 2.77. The molecule has 1 aromatic heterocycles. The van der Waals surface area contributed by atoms with E-state index in [2.05, 4.69) is 10.2 Å². The van der Waals surface area contributed by atoms with Crippen molar-refractivity contribution >= 4 is 5.91 Å². The maximum Gasteiger partial charge on any atom is 0.251 e. The van der Waals surface area contributed by atoms with Gasteiger partial charge in [-0.25, -0.2) is 0 Å². The summed E-state index contributed by atoms with van der Waals surface area (Å²) in [6, 6.07) is 11.3. The monoisotopic (exact) mass is 329 g/mol. The van der Waals surface area contributed by atoms with Crippen LogP contribution >= 0.6 is 0 Å². The fraction of sp³-hybridized carbons (Fsp3) is 0.389. The van der Waals surface area contributed by atoms with Gasteiger partial charge in [0, 0.05) is 49.8 Å². The molecule has 2 heterocycles. The molecular weight excluding hydrogens is 306 g/mol. The van der Waals surface area contributed by atoms with Crippen molar-refractivity contribution in [1.82, 2.24) is 14.8 Å². The van der Waals surface area contributed by atoms with Gasteiger partial charge in [-0.15, -0.1) is 0 Å². The molecule has 0 bridgehead atoms. The van der Waals surface area contributed by atoms with Crippen molar-refractivity contribution in [1.29, 1.82) is 0 Å². The molecule has 1 unspecified atom stereocenters. The van der Waals surface area contributed by atoms with E-state index in [4.69, 9.17) is 4.74 Å². The van der Waals surface area contributed by atoms with Crippen LogP contribution in [0, 0.1) is 0 Å². The highest BCUT2D eigenvalue weighted by atomic mass is 16.5. The third-order valence-corrected chi connectivity index (χ3v) is 4.08. The van der Waals surface area contributed by atoms with E-state index in [0.717, 1.165) is 18.8 Å². The molecule has 6 nitrogen and oxygen atoms in total. The number of ether oxygens (including phenoxy) is 1. The number of nitrogens with one attached hydrogen (secondary N) is 1. The van der Waals surface area contributed by atoms with E-state index in [1.807, 2.05) is 47.3 Å². The summed E-state index contributed by atoms with van der Waals surface area (Å²) in [5.41, 5.74) is 1.52. The van der Waals surface area contributed by atoms with Crippen LogP contribution in [0.4, 0.5) is 0 Å². The third-order valence-electron chi connectivity index (χ3n) is 4.08. The number of nitrogens with zero attached hydrogens (tertiary/aromatic N) is 2. The minimum Gasteiger partial charge on any atom is -0.390 e. The fourth-order valence-electron chi connectivity index (χ4n) is 2.77. The molecule has 1 aromatic carbocycles. The van der Waals surface area contributed by atoms with Crippen LogP contribution in [0.5, 0.6) is 0 Å². The number of amides is 1. The molecule has 128 valence electrons. The molecule has 1 aliphatic rings. The van der Waals surface area contributed by atoms with Gasteiger partial charge in [0.25, 0.3) is 5.91 Å². The molecule has 3 rings (SSSR count). The van der Waals surface area contributed by atoms with Crippen molar-refractivity contribution in [3.8, 4) is 5.69 Å². The summed E-state index contributed by atoms with van der Waals surface area (Å²) in [6.07, 6.45) is 3.28. The Morgan fingerprint density at radius 2 is 1.96 bits per heavy atom. The third kappa shape index (κ3) is 4.44. The van der Waals surface area contributed by atoms with E-state index in [0.29, 0.717) is 25.3 Å². The summed E-state index contributed by atoms with van der Waals surface area (Å²) in [5.74, 6) is -0.176. The zero-order chi connectivity index (χ0) is 16.8. The summed E-state index contributed by atoms with van der Waals surface area (Å²) in [6.45, 7) is 3.83. The van der Waals surface area contributed by atoms with E-state index in [9.17, 15) is 9.90 Å². The van der Waals surface area contributed by atoms with Crippen LogP contribution in [0.3, 0.4) is 0 Å². The molecule has 6 heteroatoms. The van der Waals surface area contributed by atoms with Gasteiger partial charge >= 0.3 is 0 Å². The van der Waals surface area contributed by atoms with Gasteiger partial charge in [0.15, 0.2) is 0 Å². The highest BCUT2D eigenvalue weighted by Crippen LogP contribution is 2.11. The molecule has 1 fully saturated rings. The number of hydrogen-bond acceptors (Lipinski definition) is 4. The summed E-state index contributed by atoms with van der Waals surface area (Å²) < 4.78 is 7.23. The number of rotatable bonds is 6. The summed E-state index contributed by atoms with van der Waals surface area (Å²) in [7, 11) is 0. The molecule has 24 heavy (non-hydrogen) atoms. The molecule has 0 aliphatic carbocycles. The highest BCUT2D eigenvalue weighted by Gasteiger charge is 2.16. The smallest absolute Gasteiger partial charge is 0.251 e. The van der Waals surface area contributed by atoms with E-state index in [1.54, 1.807) is 6.07 Å². The minimum absolute atomic E-state index is 0.176. The summed E-state index contributed by atoms with van der Waals surface area (Å²) >= 11 is 0. The average Bonchev–Trinajstić information content (AvgIpc) is 3.15. The normalized spacial score (nSPS) is 16.7. The lowest BCUT2D eigenvalue weighted by Crippen LogP contribution is -2.44. The first-order valence-corrected chi connectivity index (χ1v) is 8.22. The zero-order valence-electron chi connectivity index (χ0n) is 13.6. The van der Waals surface area contributed by atoms with Gasteiger partial charge in [0.2, 0.25) is 0 Å². The lowest BCUT2D eigenvalue weighted by atomic mass is 10.2. The van der Waals surface area contributed by atoms with Crippen LogP contribution in [0.2, 0.25) is 0 Å². The number of morpholine rings is 1. The second-order valence-corrected chi connectivity index (χ2v) is 5.92. The summed E-state index contributed by atoms with van der Waals surface area (Å²) in [4.78, 5) is 14.4. The molecule has 0 spiro atoms. The molecule has 1 atom stereocenters. The van der Waals surface area contributed by atoms with Crippen LogP contribution in [0.1, 0.15) is 10.4 Å². The molecule has 1 aliphatic heterocycles. The van der Waals surface area contributed by atoms with E-state index in [-0.39, 0.29) is 12.5 Å². The van der Waals surface area contributed by atoms with Crippen LogP contribution in [0.25, 0.3) is 5.69 Å². The quantitative estimate of drug-likeness (QED) is 0.826. The Balaban J connectivity index is 1.52. The zero-order valence-corrected chi connectivity index (χ0v) is 13.6. The van der Waals surface area contributed by atoms with Crippen LogP contribution < -0.4 is 5.32 Å². The van der Waals surface area contributed by atoms with Crippen LogP contribution in [-0.4, -0.2) is 66.0 Å². The number of carbonyl (C=O) groups excluding carboxylic acids is 1. The van der Waals surface area contributed by atoms with Crippen molar-refractivity contribution in [2.45, 2.75) is 6.10 Å². The van der Waals surface area contributed by atoms with E-state index in [1.165, 1.54) is 0 Å². The second kappa shape index (κ2) is 8.10. The Bertz CT molecular complexity index is 651. The number of aromatic nitrogens is 1. The largest absolute Gasteiger partial charge is 0.390 e. The van der Waals surface area contributed by atoms with Crippen molar-refractivity contribution < 1.29 is 14.6 Å². The molecule has 2 aromatic rings. The Labute approximate surface area is 141 Å². The predicted octanol–water partition coefficient (Wildman–Crippen LogP) is 0.900. The Hall–Kier alpha value is -2.15. The SMILES string of the molecule is O=C(NCC(O)CN1CCOCC1)c1cccc(-n2cccc2)c1. The number of hydrogen-bond donors (Lipinski definition) is 2. The first-order chi connectivity index (χ1) is 11.7. The van der Waals surface area contributed by atoms with Gasteiger partial charge in [-0.2, -0.15) is 0 Å². The van der Waals surface area contributed by atoms with Gasteiger partial charge in [0.1, 0.15) is 0 Å². The standard InChI is InChI=1S/C18H23N3O3/c22-17(14-20-8-10-24-11-9-20)13-19-18(23)15-4-3-5-16(12-15)21-6-1-2-7-21/h1-7,12,17,22H,8-11,13-14H2,(H,19,23). The Morgan fingerprint density at radius 1 is 1.21 bits per heavy atom. The number of β-amino-alcohol motifs (C(OH)–C–C–N with tert-alkyl or cyclic N) is 1. The Morgan fingerprint density at radius 3 is 2.71 bits per heavy atom. The molecule has 1 saturated heterocycles. The maximum atomic E-state index is 12.3. The van der Waals surface area contributed by atoms with Gasteiger partial charge in [-0.05, 0) is 30.3 Å². The van der Waals surface area contributed by atoms with Crippen molar-refractivity contribution in [2.24, 2.45) is 0 Å². The average molecular weight is 329 g/mol. The number of aliphatic hydroxyl groups excluding tert-OH is 1. The number of aliphatic hydroxyl groups is 1. The highest BCUT2D eigenvalue weighted by molar-refractivity contribution is 5.94. The first-order valence-electron chi connectivity index (χ1n) is 8.22. The number of carbonyl (C=O) groups is 1. The van der Waals surface area contributed by atoms with E-state index >= 15 is 0 Å². The lowest BCUT2D eigenvalue weighted by Gasteiger charge is -2.28. The Kier molecular flexibility index (Phi) is 5.63. The number of benzene rings is 1. The second-order valence-electron chi connectivity index (χ2n) is 5.92. The summed E-state index contributed by atoms with van der Waals surface area (Å²) in [5, 5.41) is 12.9. The topological polar surface area (TPSA) is 66.7 Å². The van der Waals surface area contributed by atoms with Crippen molar-refractivity contribution in [2.75, 3.05) is 39.4 Å². The lowest BCUT2D eigenvalue weighted by molar-refractivity contribution is 0.0149. The van der Waals surface area contributed by atoms with Gasteiger partial charge in [-0.1, -0.05) is 6.07 Å². The molecule has 0 saturated carbocycles. The first kappa shape index (κ1) is 16.7. The van der Waals surface area contributed by atoms with Gasteiger partial charge in [-0.3, -0.25) is 9.69 Å². The van der Waals surface area contributed by atoms with E-state index < -0.39 is 6.10 Å². The molecule has 0 radical (unpaired) electrons. The van der Waals surface area contributed by atoms with Crippen molar-refractivity contribution in [3.63, 3.8) is 0 Å². The molecule has 2 N–H and O–H groups in total. The predicted molar refractivity (Wildman–Crippen MR) is 91.4 cm³/mol. The van der Waals surface area contributed by atoms with Gasteiger partial charge in [0.05, 0.1) is 19.3 Å². The van der Waals surface area contributed by atoms with Crippen LogP contribution in [0.15, 0.2) is 48.8 Å². The maximum absolute atomic E-state index is 12.3. The minimum atomic E-state index is -0.584. The van der Waals surface area contributed by atoms with Crippen molar-refractivity contribution in [3.05, 3.63) is 54.4 Å². The van der Waals surface area contributed by atoms with Crippen LogP contribution in [-0.2, 0) is 4.74 Å². The van der Waals surface area contributed by atoms with Gasteiger partial charge < -0.3 is 19.7 Å². The molecule has 1 amide bonds.